The number of likely N-dealkylation sites (N-methyl/N-ethyl adjacent to an activating group) is 1. The molecule has 0 amide bonds. The molecule has 0 saturated carbocycles. The Kier molecular flexibility index (Phi) is 4.75. The maximum absolute atomic E-state index is 13.2. The van der Waals surface area contributed by atoms with E-state index >= 15 is 0 Å². The van der Waals surface area contributed by atoms with Crippen molar-refractivity contribution < 1.29 is 4.39 Å². The van der Waals surface area contributed by atoms with E-state index in [-0.39, 0.29) is 11.9 Å². The molecule has 0 aliphatic heterocycles. The van der Waals surface area contributed by atoms with Crippen LogP contribution in [0.3, 0.4) is 0 Å². The van der Waals surface area contributed by atoms with Crippen LogP contribution in [-0.4, -0.2) is 6.54 Å². The molecule has 1 aromatic heterocycles. The van der Waals surface area contributed by atoms with Crippen LogP contribution in [0.5, 0.6) is 0 Å². The average Bonchev–Trinajstić information content (AvgIpc) is 2.75. The molecule has 0 spiro atoms. The maximum Gasteiger partial charge on any atom is 0.123 e. The summed E-state index contributed by atoms with van der Waals surface area (Å²) in [4.78, 5) is 1.11. The first kappa shape index (κ1) is 13.5. The Bertz CT molecular complexity index is 512. The zero-order chi connectivity index (χ0) is 13.0. The monoisotopic (exact) mass is 283 g/mol. The van der Waals surface area contributed by atoms with Crippen LogP contribution >= 0.6 is 22.9 Å². The van der Waals surface area contributed by atoms with E-state index < -0.39 is 0 Å². The summed E-state index contributed by atoms with van der Waals surface area (Å²) in [5.41, 5.74) is 0.977. The van der Waals surface area contributed by atoms with Crippen molar-refractivity contribution in [2.75, 3.05) is 6.54 Å². The molecule has 1 nitrogen and oxygen atoms in total. The molecule has 1 atom stereocenters. The van der Waals surface area contributed by atoms with Gasteiger partial charge in [-0.15, -0.1) is 11.3 Å². The van der Waals surface area contributed by atoms with E-state index in [4.69, 9.17) is 11.6 Å². The van der Waals surface area contributed by atoms with Crippen molar-refractivity contribution >= 4 is 22.9 Å². The van der Waals surface area contributed by atoms with Crippen molar-refractivity contribution in [1.29, 1.82) is 0 Å². The van der Waals surface area contributed by atoms with Gasteiger partial charge in [-0.05, 0) is 42.1 Å². The van der Waals surface area contributed by atoms with Crippen molar-refractivity contribution in [3.8, 4) is 0 Å². The Balaban J connectivity index is 2.19. The molecule has 1 N–H and O–H groups in total. The summed E-state index contributed by atoms with van der Waals surface area (Å²) in [5.74, 6) is -0.194. The summed E-state index contributed by atoms with van der Waals surface area (Å²) in [6.45, 7) is 2.91. The topological polar surface area (TPSA) is 12.0 Å². The summed E-state index contributed by atoms with van der Waals surface area (Å²) in [7, 11) is 0. The highest BCUT2D eigenvalue weighted by Crippen LogP contribution is 2.30. The lowest BCUT2D eigenvalue weighted by Gasteiger charge is -2.17. The Hall–Kier alpha value is -0.900. The van der Waals surface area contributed by atoms with Gasteiger partial charge >= 0.3 is 0 Å². The number of halogens is 2. The lowest BCUT2D eigenvalue weighted by atomic mass is 10.0. The molecule has 96 valence electrons. The lowest BCUT2D eigenvalue weighted by molar-refractivity contribution is 0.555. The van der Waals surface area contributed by atoms with E-state index in [0.717, 1.165) is 28.4 Å². The van der Waals surface area contributed by atoms with Gasteiger partial charge < -0.3 is 5.32 Å². The highest BCUT2D eigenvalue weighted by molar-refractivity contribution is 7.10. The predicted octanol–water partition coefficient (Wildman–Crippen LogP) is 4.43. The van der Waals surface area contributed by atoms with Gasteiger partial charge in [0.2, 0.25) is 0 Å². The minimum Gasteiger partial charge on any atom is -0.309 e. The second-order valence-electron chi connectivity index (χ2n) is 4.08. The van der Waals surface area contributed by atoms with E-state index in [1.807, 2.05) is 17.5 Å². The molecule has 18 heavy (non-hydrogen) atoms. The summed E-state index contributed by atoms with van der Waals surface area (Å²) in [5, 5.41) is 6.16. The molecular weight excluding hydrogens is 269 g/mol. The van der Waals surface area contributed by atoms with Gasteiger partial charge in [0.05, 0.1) is 5.02 Å². The molecule has 0 saturated heterocycles. The molecule has 0 bridgehead atoms. The van der Waals surface area contributed by atoms with Crippen LogP contribution in [0, 0.1) is 5.82 Å². The fourth-order valence-corrected chi connectivity index (χ4v) is 3.22. The molecule has 0 aliphatic rings. The molecule has 2 rings (SSSR count). The molecular formula is C14H15ClFNS. The van der Waals surface area contributed by atoms with Crippen LogP contribution in [0.4, 0.5) is 4.39 Å². The molecule has 1 unspecified atom stereocenters. The minimum absolute atomic E-state index is 0.143. The largest absolute Gasteiger partial charge is 0.309 e. The second-order valence-corrected chi connectivity index (χ2v) is 5.43. The molecule has 0 aliphatic carbocycles. The fraction of sp³-hybridized carbons (Fsp3) is 0.286. The molecule has 0 radical (unpaired) electrons. The third-order valence-electron chi connectivity index (χ3n) is 2.74. The maximum atomic E-state index is 13.2. The van der Waals surface area contributed by atoms with Gasteiger partial charge in [-0.2, -0.15) is 0 Å². The summed E-state index contributed by atoms with van der Waals surface area (Å²) >= 11 is 7.80. The highest BCUT2D eigenvalue weighted by Gasteiger charge is 2.15. The van der Waals surface area contributed by atoms with Gasteiger partial charge in [0.25, 0.3) is 0 Å². The zero-order valence-corrected chi connectivity index (χ0v) is 11.7. The Labute approximate surface area is 116 Å². The van der Waals surface area contributed by atoms with Gasteiger partial charge in [0.1, 0.15) is 5.82 Å². The van der Waals surface area contributed by atoms with Crippen LogP contribution in [0.2, 0.25) is 5.02 Å². The van der Waals surface area contributed by atoms with Crippen LogP contribution < -0.4 is 5.32 Å². The number of benzene rings is 1. The van der Waals surface area contributed by atoms with E-state index in [1.165, 1.54) is 6.07 Å². The summed E-state index contributed by atoms with van der Waals surface area (Å²) in [6.07, 6.45) is 0.742. The average molecular weight is 284 g/mol. The Morgan fingerprint density at radius 3 is 2.83 bits per heavy atom. The van der Waals surface area contributed by atoms with Crippen LogP contribution in [0.1, 0.15) is 23.4 Å². The SMILES string of the molecule is CCNC(Cc1cccc(F)c1)c1sccc1Cl. The number of thiophene rings is 1. The quantitative estimate of drug-likeness (QED) is 0.856. The third-order valence-corrected chi connectivity index (χ3v) is 4.21. The molecule has 2 aromatic rings. The molecule has 1 aromatic carbocycles. The van der Waals surface area contributed by atoms with E-state index in [2.05, 4.69) is 12.2 Å². The first-order valence-electron chi connectivity index (χ1n) is 5.91. The first-order valence-corrected chi connectivity index (χ1v) is 7.17. The van der Waals surface area contributed by atoms with Crippen molar-refractivity contribution in [1.82, 2.24) is 5.32 Å². The normalized spacial score (nSPS) is 12.6. The van der Waals surface area contributed by atoms with Gasteiger partial charge in [0.15, 0.2) is 0 Å². The first-order chi connectivity index (χ1) is 8.70. The number of nitrogens with one attached hydrogen (secondary N) is 1. The van der Waals surface area contributed by atoms with Gasteiger partial charge in [0, 0.05) is 10.9 Å². The van der Waals surface area contributed by atoms with Gasteiger partial charge in [-0.1, -0.05) is 30.7 Å². The van der Waals surface area contributed by atoms with Gasteiger partial charge in [-0.25, -0.2) is 4.39 Å². The second kappa shape index (κ2) is 6.32. The van der Waals surface area contributed by atoms with E-state index in [9.17, 15) is 4.39 Å². The van der Waals surface area contributed by atoms with Crippen LogP contribution in [0.25, 0.3) is 0 Å². The molecule has 0 fully saturated rings. The van der Waals surface area contributed by atoms with E-state index in [1.54, 1.807) is 23.5 Å². The van der Waals surface area contributed by atoms with Gasteiger partial charge in [-0.3, -0.25) is 0 Å². The van der Waals surface area contributed by atoms with E-state index in [0.29, 0.717) is 0 Å². The summed E-state index contributed by atoms with van der Waals surface area (Å²) in [6, 6.07) is 8.76. The number of rotatable bonds is 5. The van der Waals surface area contributed by atoms with Crippen molar-refractivity contribution in [3.63, 3.8) is 0 Å². The predicted molar refractivity (Wildman–Crippen MR) is 75.9 cm³/mol. The minimum atomic E-state index is -0.194. The highest BCUT2D eigenvalue weighted by atomic mass is 35.5. The van der Waals surface area contributed by atoms with Crippen molar-refractivity contribution in [3.05, 3.63) is 57.0 Å². The van der Waals surface area contributed by atoms with Crippen LogP contribution in [-0.2, 0) is 6.42 Å². The van der Waals surface area contributed by atoms with Crippen LogP contribution in [0.15, 0.2) is 35.7 Å². The van der Waals surface area contributed by atoms with Crippen molar-refractivity contribution in [2.45, 2.75) is 19.4 Å². The lowest BCUT2D eigenvalue weighted by Crippen LogP contribution is -2.22. The smallest absolute Gasteiger partial charge is 0.123 e. The Morgan fingerprint density at radius 2 is 2.22 bits per heavy atom. The molecule has 4 heteroatoms. The fourth-order valence-electron chi connectivity index (χ4n) is 1.96. The summed E-state index contributed by atoms with van der Waals surface area (Å²) < 4.78 is 13.2. The standard InChI is InChI=1S/C14H15ClFNS/c1-2-17-13(14-12(15)6-7-18-14)9-10-4-3-5-11(16)8-10/h3-8,13,17H,2,9H2,1H3. The molecule has 1 heterocycles. The Morgan fingerprint density at radius 1 is 1.39 bits per heavy atom. The zero-order valence-electron chi connectivity index (χ0n) is 10.1. The third kappa shape index (κ3) is 3.31. The number of hydrogen-bond donors (Lipinski definition) is 1. The van der Waals surface area contributed by atoms with Crippen molar-refractivity contribution in [2.24, 2.45) is 0 Å². The number of hydrogen-bond acceptors (Lipinski definition) is 2.